The first-order valence-electron chi connectivity index (χ1n) is 18.9. The number of rotatable bonds is 3. The van der Waals surface area contributed by atoms with E-state index in [9.17, 15) is 14.4 Å². The van der Waals surface area contributed by atoms with Crippen molar-refractivity contribution in [1.29, 1.82) is 0 Å². The van der Waals surface area contributed by atoms with Gasteiger partial charge in [0.05, 0.1) is 0 Å². The zero-order valence-corrected chi connectivity index (χ0v) is 33.5. The highest BCUT2D eigenvalue weighted by Crippen LogP contribution is 2.39. The molecule has 2 aromatic carbocycles. The third-order valence-corrected chi connectivity index (χ3v) is 10.2. The molecule has 2 aliphatic heterocycles. The van der Waals surface area contributed by atoms with Gasteiger partial charge in [-0.15, -0.1) is 0 Å². The number of aliphatic hydroxyl groups is 1. The van der Waals surface area contributed by atoms with Gasteiger partial charge in [0.2, 0.25) is 0 Å². The molecule has 2 heterocycles. The van der Waals surface area contributed by atoms with E-state index >= 15 is 0 Å². The maximum Gasteiger partial charge on any atom is 0.256 e. The summed E-state index contributed by atoms with van der Waals surface area (Å²) in [5.41, 5.74) is 14.1. The number of anilines is 2. The van der Waals surface area contributed by atoms with E-state index in [-0.39, 0.29) is 18.4 Å². The third kappa shape index (κ3) is 9.17. The highest BCUT2D eigenvalue weighted by molar-refractivity contribution is 6.38. The number of carbonyl (C=O) groups is 3. The molecule has 0 saturated heterocycles. The molecule has 8 heteroatoms. The number of aldehydes is 1. The van der Waals surface area contributed by atoms with Crippen LogP contribution in [0.2, 0.25) is 10.0 Å². The lowest BCUT2D eigenvalue weighted by atomic mass is 10.0. The van der Waals surface area contributed by atoms with E-state index in [4.69, 9.17) is 28.3 Å². The molecule has 0 saturated carbocycles. The summed E-state index contributed by atoms with van der Waals surface area (Å²) in [6, 6.07) is 53.0. The minimum Gasteiger partial charge on any atom is -0.397 e. The lowest BCUT2D eigenvalue weighted by Gasteiger charge is -2.00. The van der Waals surface area contributed by atoms with Crippen LogP contribution in [0.1, 0.15) is 39.5 Å². The summed E-state index contributed by atoms with van der Waals surface area (Å²) >= 11 is 12.1. The number of benzene rings is 2. The van der Waals surface area contributed by atoms with Crippen LogP contribution in [0.5, 0.6) is 0 Å². The Hall–Kier alpha value is -6.83. The number of hydrogen-bond acceptors (Lipinski definition) is 4. The highest BCUT2D eigenvalue weighted by Gasteiger charge is 2.26. The van der Waals surface area contributed by atoms with E-state index < -0.39 is 0 Å². The second-order valence-electron chi connectivity index (χ2n) is 13.5. The Labute approximate surface area is 353 Å². The zero-order chi connectivity index (χ0) is 41.3. The second-order valence-corrected chi connectivity index (χ2v) is 14.4. The molecule has 59 heavy (non-hydrogen) atoms. The molecule has 10 rings (SSSR count). The van der Waals surface area contributed by atoms with Crippen molar-refractivity contribution in [3.05, 3.63) is 202 Å². The van der Waals surface area contributed by atoms with Crippen molar-refractivity contribution in [1.82, 2.24) is 0 Å². The molecule has 290 valence electrons. The first kappa shape index (κ1) is 40.4. The number of nitrogens with one attached hydrogen (secondary N) is 2. The maximum atomic E-state index is 12.2. The molecule has 2 amide bonds. The maximum absolute atomic E-state index is 12.2. The van der Waals surface area contributed by atoms with Gasteiger partial charge in [-0.1, -0.05) is 151 Å². The fourth-order valence-corrected chi connectivity index (χ4v) is 7.33. The van der Waals surface area contributed by atoms with Gasteiger partial charge in [0.25, 0.3) is 11.8 Å². The summed E-state index contributed by atoms with van der Waals surface area (Å²) in [6.45, 7) is 1.93. The first-order chi connectivity index (χ1) is 28.8. The van der Waals surface area contributed by atoms with Crippen molar-refractivity contribution in [2.45, 2.75) is 6.92 Å². The van der Waals surface area contributed by atoms with Crippen LogP contribution in [0.15, 0.2) is 164 Å². The molecular weight excluding hydrogens is 775 g/mol. The summed E-state index contributed by atoms with van der Waals surface area (Å²) < 4.78 is 0. The number of fused-ring (bicyclic) bond motifs is 5. The van der Waals surface area contributed by atoms with Gasteiger partial charge in [-0.2, -0.15) is 0 Å². The largest absolute Gasteiger partial charge is 0.397 e. The van der Waals surface area contributed by atoms with Crippen LogP contribution >= 0.6 is 23.2 Å². The van der Waals surface area contributed by atoms with Gasteiger partial charge < -0.3 is 15.7 Å². The molecule has 2 aromatic rings. The van der Waals surface area contributed by atoms with Crippen molar-refractivity contribution < 1.29 is 19.5 Å². The van der Waals surface area contributed by atoms with Gasteiger partial charge in [0.15, 0.2) is 6.29 Å². The minimum atomic E-state index is -0.0908. The molecular formula is C51H38Cl2N2O4. The van der Waals surface area contributed by atoms with E-state index in [1.165, 1.54) is 0 Å². The molecule has 8 aliphatic rings. The van der Waals surface area contributed by atoms with Gasteiger partial charge in [-0.25, -0.2) is 0 Å². The number of aliphatic hydroxyl groups excluding tert-OH is 1. The molecule has 0 unspecified atom stereocenters. The predicted octanol–water partition coefficient (Wildman–Crippen LogP) is 12.5. The Bertz CT molecular complexity index is 2620. The molecule has 0 radical (unpaired) electrons. The summed E-state index contributed by atoms with van der Waals surface area (Å²) in [7, 11) is 0. The summed E-state index contributed by atoms with van der Waals surface area (Å²) in [5, 5.41) is 14.6. The monoisotopic (exact) mass is 812 g/mol. The topological polar surface area (TPSA) is 95.5 Å². The van der Waals surface area contributed by atoms with Crippen LogP contribution in [-0.2, 0) is 9.59 Å². The second kappa shape index (κ2) is 18.6. The smallest absolute Gasteiger partial charge is 0.256 e. The molecule has 0 bridgehead atoms. The molecule has 0 spiro atoms. The summed E-state index contributed by atoms with van der Waals surface area (Å²) in [4.78, 5) is 35.1. The molecule has 0 aromatic heterocycles. The van der Waals surface area contributed by atoms with Gasteiger partial charge in [-0.3, -0.25) is 14.4 Å². The van der Waals surface area contributed by atoms with E-state index in [1.54, 1.807) is 19.1 Å². The standard InChI is InChI=1S/2C19H12ClNO.C11H8O.C2H6O/c2*20-14-8-9-18-16(11-14)17(19(22)21-18)10-13-7-6-12-4-2-1-3-5-15(12)13;12-8-10-7-6-9-4-2-1-3-5-11(9)10;1-2-3/h2*1-11H,(H,21,22);1-8H;3H,2H2,1H3/b17-10+;17-10-;;. The predicted molar refractivity (Wildman–Crippen MR) is 243 cm³/mol. The third-order valence-electron chi connectivity index (χ3n) is 9.73. The van der Waals surface area contributed by atoms with Crippen molar-refractivity contribution in [3.63, 3.8) is 0 Å². The normalized spacial score (nSPS) is 13.6. The average Bonchev–Trinajstić information content (AvgIpc) is 3.92. The number of amides is 2. The lowest BCUT2D eigenvalue weighted by molar-refractivity contribution is -0.111. The molecule has 0 fully saturated rings. The number of hydrogen-bond donors (Lipinski definition) is 3. The minimum absolute atomic E-state index is 0.0908. The quantitative estimate of drug-likeness (QED) is 0.122. The summed E-state index contributed by atoms with van der Waals surface area (Å²) in [6.07, 6.45) is 4.75. The average molecular weight is 814 g/mol. The van der Waals surface area contributed by atoms with Gasteiger partial charge in [-0.05, 0) is 100.0 Å². The van der Waals surface area contributed by atoms with Crippen LogP contribution in [-0.4, -0.2) is 29.8 Å². The first-order valence-corrected chi connectivity index (χ1v) is 19.7. The van der Waals surface area contributed by atoms with Gasteiger partial charge in [0.1, 0.15) is 0 Å². The number of halogens is 2. The van der Waals surface area contributed by atoms with E-state index in [1.807, 2.05) is 127 Å². The highest BCUT2D eigenvalue weighted by atomic mass is 35.5. The van der Waals surface area contributed by atoms with Crippen LogP contribution in [0.3, 0.4) is 0 Å². The molecule has 0 atom stereocenters. The van der Waals surface area contributed by atoms with Gasteiger partial charge in [0, 0.05) is 55.9 Å². The fourth-order valence-electron chi connectivity index (χ4n) is 6.99. The summed E-state index contributed by atoms with van der Waals surface area (Å²) in [5.74, 6) is -0.182. The number of carbonyl (C=O) groups excluding carboxylic acids is 3. The Kier molecular flexibility index (Phi) is 12.7. The Morgan fingerprint density at radius 2 is 0.831 bits per heavy atom. The van der Waals surface area contributed by atoms with E-state index in [0.717, 1.165) is 78.9 Å². The van der Waals surface area contributed by atoms with Crippen LogP contribution < -0.4 is 10.6 Å². The lowest BCUT2D eigenvalue weighted by Crippen LogP contribution is -2.03. The van der Waals surface area contributed by atoms with E-state index in [0.29, 0.717) is 21.2 Å². The SMILES string of the molecule is CCO.O=C1Nc2ccc(Cl)cc2/C1=C/c1ccc2cccccc1-2.O=C1Nc2ccc(Cl)cc2/C1=C\c1ccc2cccccc1-2.O=Cc1ccc2cccccc1-2. The Morgan fingerprint density at radius 3 is 1.22 bits per heavy atom. The molecule has 3 N–H and O–H groups in total. The van der Waals surface area contributed by atoms with Crippen molar-refractivity contribution in [3.8, 4) is 33.4 Å². The fraction of sp³-hybridized carbons (Fsp3) is 0.0392. The van der Waals surface area contributed by atoms with Crippen LogP contribution in [0.4, 0.5) is 11.4 Å². The van der Waals surface area contributed by atoms with E-state index in [2.05, 4.69) is 47.0 Å². The molecule has 6 nitrogen and oxygen atoms in total. The Morgan fingerprint density at radius 1 is 0.475 bits per heavy atom. The van der Waals surface area contributed by atoms with Crippen LogP contribution in [0.25, 0.3) is 56.7 Å². The van der Waals surface area contributed by atoms with Crippen molar-refractivity contribution >= 4 is 76.0 Å². The molecule has 6 aliphatic carbocycles. The zero-order valence-electron chi connectivity index (χ0n) is 32.0. The van der Waals surface area contributed by atoms with Crippen molar-refractivity contribution in [2.24, 2.45) is 0 Å². The van der Waals surface area contributed by atoms with Crippen LogP contribution in [0, 0.1) is 0 Å². The van der Waals surface area contributed by atoms with Gasteiger partial charge >= 0.3 is 0 Å². The van der Waals surface area contributed by atoms with Crippen molar-refractivity contribution in [2.75, 3.05) is 17.2 Å². The Balaban J connectivity index is 0.000000135.